The summed E-state index contributed by atoms with van der Waals surface area (Å²) in [7, 11) is 0. The first-order valence-corrected chi connectivity index (χ1v) is 10.1. The van der Waals surface area contributed by atoms with Crippen LogP contribution in [0.5, 0.6) is 0 Å². The topological polar surface area (TPSA) is 36.4 Å². The van der Waals surface area contributed by atoms with Gasteiger partial charge in [0, 0.05) is 23.7 Å². The van der Waals surface area contributed by atoms with Crippen molar-refractivity contribution in [3.8, 4) is 0 Å². The zero-order chi connectivity index (χ0) is 19.4. The number of hydrogen-bond donors (Lipinski definition) is 0. The highest BCUT2D eigenvalue weighted by Crippen LogP contribution is 2.30. The van der Waals surface area contributed by atoms with Crippen molar-refractivity contribution >= 4 is 44.2 Å². The van der Waals surface area contributed by atoms with Crippen molar-refractivity contribution < 1.29 is 9.18 Å². The minimum atomic E-state index is -0.312. The van der Waals surface area contributed by atoms with Crippen LogP contribution in [-0.4, -0.2) is 42.0 Å². The number of rotatable bonds is 7. The van der Waals surface area contributed by atoms with Crippen molar-refractivity contribution in [3.63, 3.8) is 0 Å². The normalized spacial score (nSPS) is 11.3. The van der Waals surface area contributed by atoms with E-state index >= 15 is 0 Å². The number of thiazole rings is 1. The molecule has 0 aliphatic heterocycles. The SMILES string of the molecule is CCN(CC)CCN(C(=O)c1cccc(Cl)c1)c1nc2ccc(F)cc2s1. The van der Waals surface area contributed by atoms with E-state index in [2.05, 4.69) is 23.7 Å². The number of halogens is 2. The fourth-order valence-corrected chi connectivity index (χ4v) is 4.05. The van der Waals surface area contributed by atoms with Gasteiger partial charge in [0.05, 0.1) is 10.2 Å². The molecule has 2 aromatic carbocycles. The molecule has 3 aromatic rings. The highest BCUT2D eigenvalue weighted by molar-refractivity contribution is 7.22. The van der Waals surface area contributed by atoms with E-state index in [9.17, 15) is 9.18 Å². The maximum atomic E-state index is 13.5. The van der Waals surface area contributed by atoms with Crippen LogP contribution >= 0.6 is 22.9 Å². The number of nitrogens with zero attached hydrogens (tertiary/aromatic N) is 3. The van der Waals surface area contributed by atoms with Gasteiger partial charge in [-0.05, 0) is 49.5 Å². The second-order valence-corrected chi connectivity index (χ2v) is 7.55. The van der Waals surface area contributed by atoms with Crippen LogP contribution in [0.4, 0.5) is 9.52 Å². The van der Waals surface area contributed by atoms with E-state index in [1.54, 1.807) is 35.2 Å². The molecule has 0 spiro atoms. The minimum absolute atomic E-state index is 0.163. The third-order valence-corrected chi connectivity index (χ3v) is 5.70. The van der Waals surface area contributed by atoms with Crippen LogP contribution in [0.15, 0.2) is 42.5 Å². The second kappa shape index (κ2) is 8.78. The van der Waals surface area contributed by atoms with E-state index in [1.807, 2.05) is 0 Å². The highest BCUT2D eigenvalue weighted by atomic mass is 35.5. The van der Waals surface area contributed by atoms with E-state index < -0.39 is 0 Å². The summed E-state index contributed by atoms with van der Waals surface area (Å²) in [6, 6.07) is 11.3. The molecule has 0 fully saturated rings. The van der Waals surface area contributed by atoms with E-state index in [0.717, 1.165) is 24.3 Å². The molecule has 1 heterocycles. The van der Waals surface area contributed by atoms with Gasteiger partial charge in [-0.2, -0.15) is 0 Å². The lowest BCUT2D eigenvalue weighted by Crippen LogP contribution is -2.38. The van der Waals surface area contributed by atoms with Crippen molar-refractivity contribution in [2.24, 2.45) is 0 Å². The maximum Gasteiger partial charge on any atom is 0.260 e. The van der Waals surface area contributed by atoms with Gasteiger partial charge in [-0.1, -0.05) is 42.9 Å². The number of hydrogen-bond acceptors (Lipinski definition) is 4. The summed E-state index contributed by atoms with van der Waals surface area (Å²) in [5.74, 6) is -0.474. The Morgan fingerprint density at radius 2 is 1.93 bits per heavy atom. The third-order valence-electron chi connectivity index (χ3n) is 4.42. The average Bonchev–Trinajstić information content (AvgIpc) is 3.07. The Hall–Kier alpha value is -2.02. The molecule has 0 N–H and O–H groups in total. The van der Waals surface area contributed by atoms with Crippen LogP contribution in [-0.2, 0) is 0 Å². The standard InChI is InChI=1S/C20H21ClFN3OS/c1-3-24(4-2)10-11-25(19(26)14-6-5-7-15(21)12-14)20-23-17-9-8-16(22)13-18(17)27-20/h5-9,12-13H,3-4,10-11H2,1-2H3. The zero-order valence-electron chi connectivity index (χ0n) is 15.3. The van der Waals surface area contributed by atoms with E-state index in [1.165, 1.54) is 23.5 Å². The van der Waals surface area contributed by atoms with Crippen LogP contribution in [0.25, 0.3) is 10.2 Å². The van der Waals surface area contributed by atoms with Crippen molar-refractivity contribution in [1.82, 2.24) is 9.88 Å². The number of anilines is 1. The van der Waals surface area contributed by atoms with E-state index in [-0.39, 0.29) is 11.7 Å². The molecule has 0 aliphatic rings. The third kappa shape index (κ3) is 4.64. The van der Waals surface area contributed by atoms with Gasteiger partial charge in [-0.25, -0.2) is 9.37 Å². The Balaban J connectivity index is 1.96. The smallest absolute Gasteiger partial charge is 0.260 e. The van der Waals surface area contributed by atoms with Gasteiger partial charge < -0.3 is 4.90 Å². The summed E-state index contributed by atoms with van der Waals surface area (Å²) in [5.41, 5.74) is 1.19. The predicted molar refractivity (Wildman–Crippen MR) is 110 cm³/mol. The first kappa shape index (κ1) is 19.7. The highest BCUT2D eigenvalue weighted by Gasteiger charge is 2.22. The van der Waals surface area contributed by atoms with Gasteiger partial charge in [0.25, 0.3) is 5.91 Å². The molecular formula is C20H21ClFN3OS. The molecule has 0 radical (unpaired) electrons. The number of amides is 1. The molecule has 0 saturated carbocycles. The van der Waals surface area contributed by atoms with Gasteiger partial charge in [-0.3, -0.25) is 9.69 Å². The number of carbonyl (C=O) groups excluding carboxylic acids is 1. The molecule has 0 atom stereocenters. The summed E-state index contributed by atoms with van der Waals surface area (Å²) < 4.78 is 14.3. The lowest BCUT2D eigenvalue weighted by Gasteiger charge is -2.24. The molecule has 0 bridgehead atoms. The zero-order valence-corrected chi connectivity index (χ0v) is 16.9. The monoisotopic (exact) mass is 405 g/mol. The molecule has 142 valence electrons. The number of carbonyl (C=O) groups is 1. The molecular weight excluding hydrogens is 385 g/mol. The Morgan fingerprint density at radius 3 is 2.63 bits per heavy atom. The minimum Gasteiger partial charge on any atom is -0.302 e. The molecule has 1 aromatic heterocycles. The van der Waals surface area contributed by atoms with E-state index in [0.29, 0.717) is 27.8 Å². The Morgan fingerprint density at radius 1 is 1.15 bits per heavy atom. The maximum absolute atomic E-state index is 13.5. The largest absolute Gasteiger partial charge is 0.302 e. The molecule has 27 heavy (non-hydrogen) atoms. The quantitative estimate of drug-likeness (QED) is 0.550. The molecule has 7 heteroatoms. The molecule has 0 saturated heterocycles. The number of aromatic nitrogens is 1. The number of fused-ring (bicyclic) bond motifs is 1. The van der Waals surface area contributed by atoms with Crippen molar-refractivity contribution in [1.29, 1.82) is 0 Å². The molecule has 0 aliphatic carbocycles. The first-order chi connectivity index (χ1) is 13.0. The van der Waals surface area contributed by atoms with Crippen molar-refractivity contribution in [3.05, 3.63) is 58.9 Å². The fourth-order valence-electron chi connectivity index (χ4n) is 2.84. The summed E-state index contributed by atoms with van der Waals surface area (Å²) in [6.45, 7) is 7.21. The Kier molecular flexibility index (Phi) is 6.42. The Labute approximate surface area is 167 Å². The van der Waals surface area contributed by atoms with Gasteiger partial charge in [0.2, 0.25) is 0 Å². The van der Waals surface area contributed by atoms with E-state index in [4.69, 9.17) is 11.6 Å². The molecule has 1 amide bonds. The van der Waals surface area contributed by atoms with Crippen molar-refractivity contribution in [2.45, 2.75) is 13.8 Å². The first-order valence-electron chi connectivity index (χ1n) is 8.87. The molecule has 4 nitrogen and oxygen atoms in total. The molecule has 3 rings (SSSR count). The lowest BCUT2D eigenvalue weighted by atomic mass is 10.2. The summed E-state index contributed by atoms with van der Waals surface area (Å²) in [6.07, 6.45) is 0. The van der Waals surface area contributed by atoms with Crippen molar-refractivity contribution in [2.75, 3.05) is 31.1 Å². The Bertz CT molecular complexity index is 942. The van der Waals surface area contributed by atoms with Gasteiger partial charge in [0.15, 0.2) is 5.13 Å². The molecule has 0 unspecified atom stereocenters. The lowest BCUT2D eigenvalue weighted by molar-refractivity contribution is 0.0984. The fraction of sp³-hybridized carbons (Fsp3) is 0.300. The van der Waals surface area contributed by atoms with Crippen LogP contribution < -0.4 is 4.90 Å². The average molecular weight is 406 g/mol. The predicted octanol–water partition coefficient (Wildman–Crippen LogP) is 5.08. The van der Waals surface area contributed by atoms with Crippen LogP contribution in [0.2, 0.25) is 5.02 Å². The van der Waals surface area contributed by atoms with Gasteiger partial charge in [0.1, 0.15) is 5.82 Å². The summed E-state index contributed by atoms with van der Waals surface area (Å²) in [4.78, 5) is 21.6. The van der Waals surface area contributed by atoms with Gasteiger partial charge in [-0.15, -0.1) is 0 Å². The van der Waals surface area contributed by atoms with Gasteiger partial charge >= 0.3 is 0 Å². The summed E-state index contributed by atoms with van der Waals surface area (Å²) >= 11 is 7.38. The van der Waals surface area contributed by atoms with Crippen LogP contribution in [0.1, 0.15) is 24.2 Å². The van der Waals surface area contributed by atoms with Crippen LogP contribution in [0, 0.1) is 5.82 Å². The van der Waals surface area contributed by atoms with Crippen LogP contribution in [0.3, 0.4) is 0 Å². The number of likely N-dealkylation sites (N-methyl/N-ethyl adjacent to an activating group) is 1. The number of benzene rings is 2. The summed E-state index contributed by atoms with van der Waals surface area (Å²) in [5, 5.41) is 1.07. The second-order valence-electron chi connectivity index (χ2n) is 6.10.